The number of benzene rings is 5. The minimum atomic E-state index is -0.670. The first kappa shape index (κ1) is 56.0. The number of methoxy groups -OCH3 is 1. The molecule has 12 nitrogen and oxygen atoms in total. The fourth-order valence-electron chi connectivity index (χ4n) is 18.0. The third-order valence-corrected chi connectivity index (χ3v) is 22.2. The van der Waals surface area contributed by atoms with Crippen molar-refractivity contribution in [3.05, 3.63) is 169 Å². The van der Waals surface area contributed by atoms with E-state index in [1.807, 2.05) is 18.2 Å². The first-order valence-corrected chi connectivity index (χ1v) is 32.5. The van der Waals surface area contributed by atoms with Crippen molar-refractivity contribution in [2.24, 2.45) is 23.7 Å². The van der Waals surface area contributed by atoms with Crippen molar-refractivity contribution in [3.63, 3.8) is 0 Å². The molecule has 2 saturated heterocycles. The van der Waals surface area contributed by atoms with Gasteiger partial charge in [0.1, 0.15) is 36.3 Å². The molecule has 10 aliphatic rings. The average molecular weight is 1160 g/mol. The van der Waals surface area contributed by atoms with E-state index in [-0.39, 0.29) is 71.8 Å². The van der Waals surface area contributed by atoms with Gasteiger partial charge < -0.3 is 54.4 Å². The monoisotopic (exact) mass is 1160 g/mol. The molecule has 1 saturated carbocycles. The van der Waals surface area contributed by atoms with Crippen LogP contribution in [-0.2, 0) is 71.4 Å². The Morgan fingerprint density at radius 2 is 1.64 bits per heavy atom. The normalized spacial score (nSPS) is 28.4. The van der Waals surface area contributed by atoms with Crippen LogP contribution in [0.5, 0.6) is 23.0 Å². The molecule has 7 heterocycles. The largest absolute Gasteiger partial charge is 0.508 e. The third-order valence-electron chi connectivity index (χ3n) is 22.2. The van der Waals surface area contributed by atoms with Gasteiger partial charge in [-0.15, -0.1) is 0 Å². The van der Waals surface area contributed by atoms with Crippen molar-refractivity contribution in [1.29, 1.82) is 0 Å². The summed E-state index contributed by atoms with van der Waals surface area (Å²) in [5.74, 6) is 10.2. The molecule has 86 heavy (non-hydrogen) atoms. The molecule has 8 bridgehead atoms. The van der Waals surface area contributed by atoms with Gasteiger partial charge in [-0.05, 0) is 213 Å². The van der Waals surface area contributed by atoms with Gasteiger partial charge in [-0.1, -0.05) is 79.6 Å². The number of dihydropyridines is 1. The number of aliphatic hydroxyl groups excluding tert-OH is 2. The van der Waals surface area contributed by atoms with Gasteiger partial charge in [0.15, 0.2) is 11.5 Å². The van der Waals surface area contributed by atoms with E-state index in [1.165, 1.54) is 41.5 Å². The van der Waals surface area contributed by atoms with Gasteiger partial charge in [-0.3, -0.25) is 5.32 Å². The summed E-state index contributed by atoms with van der Waals surface area (Å²) in [6.45, 7) is 1.04. The number of phenols is 3. The molecule has 7 N–H and O–H groups in total. The van der Waals surface area contributed by atoms with Gasteiger partial charge in [0.2, 0.25) is 0 Å². The highest BCUT2D eigenvalue weighted by Gasteiger charge is 2.63. The van der Waals surface area contributed by atoms with Gasteiger partial charge in [0.05, 0.1) is 37.6 Å². The summed E-state index contributed by atoms with van der Waals surface area (Å²) in [6, 6.07) is 27.0. The maximum Gasteiger partial charge on any atom is 0.164 e. The van der Waals surface area contributed by atoms with E-state index < -0.39 is 6.10 Å². The lowest BCUT2D eigenvalue weighted by Gasteiger charge is -2.63. The molecule has 3 fully saturated rings. The van der Waals surface area contributed by atoms with Crippen molar-refractivity contribution < 1.29 is 44.5 Å². The van der Waals surface area contributed by atoms with E-state index >= 15 is 0 Å². The minimum Gasteiger partial charge on any atom is -0.508 e. The fraction of sp³-hybridized carbons (Fsp3) is 0.486. The smallest absolute Gasteiger partial charge is 0.164 e. The van der Waals surface area contributed by atoms with Crippen LogP contribution in [0.1, 0.15) is 158 Å². The SMILES string of the molecule is CO[C@@H]1CCC2=C3C#C[C@@H](CCc4ccc(O)c(Cc5cccc(O)c5)c4)CCC[C@H]4C[C@H](O)[C@@H]5CCc6c(c(CO)cc(O)c6OCc6cc([C@]78c9c%10cccc9CC[C@H]7C7(CCCCC7)OC[C@H]8CC%10)cc7cn(cc67)C(=C3CO4)NC2N1)C5. The van der Waals surface area contributed by atoms with Gasteiger partial charge in [0.25, 0.3) is 0 Å². The minimum absolute atomic E-state index is 0.0376. The molecule has 16 rings (SSSR count). The Bertz CT molecular complexity index is 3730. The predicted octanol–water partition coefficient (Wildman–Crippen LogP) is 12.0. The number of rotatable bonds is 8. The van der Waals surface area contributed by atoms with Crippen molar-refractivity contribution in [2.45, 2.75) is 184 Å². The van der Waals surface area contributed by atoms with Gasteiger partial charge in [-0.2, -0.15) is 0 Å². The van der Waals surface area contributed by atoms with Crippen LogP contribution >= 0.6 is 0 Å². The molecule has 1 unspecified atom stereocenters. The number of piperidine rings is 1. The van der Waals surface area contributed by atoms with E-state index in [4.69, 9.17) is 18.9 Å². The summed E-state index contributed by atoms with van der Waals surface area (Å²) in [4.78, 5) is 0. The number of ether oxygens (including phenoxy) is 4. The van der Waals surface area contributed by atoms with Crippen LogP contribution in [0.4, 0.5) is 0 Å². The first-order chi connectivity index (χ1) is 42.0. The van der Waals surface area contributed by atoms with Crippen LogP contribution in [0.25, 0.3) is 16.6 Å². The molecule has 12 heteroatoms. The number of hydrogen-bond donors (Lipinski definition) is 7. The molecule has 5 aromatic carbocycles. The lowest BCUT2D eigenvalue weighted by atomic mass is 9.45. The second-order valence-corrected chi connectivity index (χ2v) is 26.9. The molecule has 9 atom stereocenters. The molecule has 6 aliphatic heterocycles. The van der Waals surface area contributed by atoms with Crippen LogP contribution in [-0.4, -0.2) is 80.6 Å². The zero-order valence-corrected chi connectivity index (χ0v) is 49.8. The van der Waals surface area contributed by atoms with Gasteiger partial charge in [-0.25, -0.2) is 0 Å². The molecule has 448 valence electrons. The van der Waals surface area contributed by atoms with Crippen LogP contribution < -0.4 is 15.4 Å². The van der Waals surface area contributed by atoms with Crippen molar-refractivity contribution >= 4 is 16.6 Å². The molecule has 1 spiro atoms. The summed E-state index contributed by atoms with van der Waals surface area (Å²) >= 11 is 0. The maximum atomic E-state index is 12.5. The van der Waals surface area contributed by atoms with E-state index in [0.29, 0.717) is 61.9 Å². The van der Waals surface area contributed by atoms with Crippen LogP contribution in [0.2, 0.25) is 0 Å². The standard InChI is InChI=1S/C74H83N3O9/c1-83-68-27-24-60-58-22-16-44(14-15-45-17-25-64(80)50(30-45)31-46-9-5-12-56(79)32-46)8-6-13-57-37-65(81)49-19-23-59-61(35-49)52(40-78)36-66(82)70(59)85-41-53-34-55(33-51-38-77(39-62(51)53)72(63(58)43-84-57)76-71(60)75-68)74-54-21-18-47-10-7-11-48(69(47)74)20-26-67(74)73(86-42-54)28-3-2-4-29-73/h5,7,9-12,17,25,30,32-34,36,38-39,44,49,54,57,65,67-68,71,75-76,78-82H,2-4,6,8,13-15,18-21,23-24,26-29,31,35,37,40-43H2,1H3/t44-,49-,54-,57+,65+,67+,68-,71?,74+/m1/s1. The third kappa shape index (κ3) is 9.84. The number of aliphatic hydroxyl groups is 2. The van der Waals surface area contributed by atoms with Gasteiger partial charge >= 0.3 is 0 Å². The number of aromatic hydroxyl groups is 3. The predicted molar refractivity (Wildman–Crippen MR) is 332 cm³/mol. The molecular formula is C74H83N3O9. The number of hydrogen-bond acceptors (Lipinski definition) is 11. The molecular weight excluding hydrogens is 1070 g/mol. The summed E-state index contributed by atoms with van der Waals surface area (Å²) < 4.78 is 30.1. The first-order valence-electron chi connectivity index (χ1n) is 32.5. The van der Waals surface area contributed by atoms with Crippen LogP contribution in [0.3, 0.4) is 0 Å². The van der Waals surface area contributed by atoms with Crippen molar-refractivity contribution in [1.82, 2.24) is 15.2 Å². The Morgan fingerprint density at radius 1 is 0.779 bits per heavy atom. The molecule has 0 amide bonds. The van der Waals surface area contributed by atoms with E-state index in [9.17, 15) is 25.5 Å². The Kier molecular flexibility index (Phi) is 14.9. The van der Waals surface area contributed by atoms with Gasteiger partial charge in [0, 0.05) is 70.7 Å². The Morgan fingerprint density at radius 3 is 2.49 bits per heavy atom. The lowest BCUT2D eigenvalue weighted by Crippen LogP contribution is -2.64. The lowest BCUT2D eigenvalue weighted by molar-refractivity contribution is -0.193. The summed E-state index contributed by atoms with van der Waals surface area (Å²) in [7, 11) is 1.77. The second kappa shape index (κ2) is 22.9. The highest BCUT2D eigenvalue weighted by atomic mass is 16.5. The Balaban J connectivity index is 0.897. The van der Waals surface area contributed by atoms with E-state index in [2.05, 4.69) is 75.8 Å². The number of phenolic OH excluding ortho intramolecular Hbond substituents is 3. The molecule has 0 radical (unpaired) electrons. The zero-order chi connectivity index (χ0) is 58.3. The number of nitrogens with zero attached hydrogens (tertiary/aromatic N) is 1. The van der Waals surface area contributed by atoms with Crippen LogP contribution in [0, 0.1) is 35.5 Å². The molecule has 4 aliphatic carbocycles. The average Bonchev–Trinajstić information content (AvgIpc) is 0.770. The second-order valence-electron chi connectivity index (χ2n) is 26.9. The summed E-state index contributed by atoms with van der Waals surface area (Å²) in [6.07, 6.45) is 21.8. The Hall–Kier alpha value is -6.56. The molecule has 1 aromatic heterocycles. The quantitative estimate of drug-likeness (QED) is 0.0725. The number of fused-ring (bicyclic) bond motifs is 5. The topological polar surface area (TPSA) is 167 Å². The fourth-order valence-corrected chi connectivity index (χ4v) is 18.0. The number of nitrogens with one attached hydrogen (secondary N) is 2. The Labute approximate surface area is 505 Å². The van der Waals surface area contributed by atoms with Crippen LogP contribution in [0.15, 0.2) is 108 Å². The zero-order valence-electron chi connectivity index (χ0n) is 49.8. The van der Waals surface area contributed by atoms with Crippen molar-refractivity contribution in [3.8, 4) is 34.8 Å². The highest BCUT2D eigenvalue weighted by molar-refractivity contribution is 5.89. The maximum absolute atomic E-state index is 12.5. The summed E-state index contributed by atoms with van der Waals surface area (Å²) in [5.41, 5.74) is 15.1. The van der Waals surface area contributed by atoms with E-state index in [1.54, 1.807) is 36.9 Å². The molecule has 6 aromatic rings. The van der Waals surface area contributed by atoms with Crippen molar-refractivity contribution in [2.75, 3.05) is 20.3 Å². The number of aromatic nitrogens is 1. The van der Waals surface area contributed by atoms with E-state index in [0.717, 1.165) is 151 Å². The summed E-state index contributed by atoms with van der Waals surface area (Å²) in [5, 5.41) is 66.6. The highest BCUT2D eigenvalue weighted by Crippen LogP contribution is 2.64. The number of aryl methyl sites for hydroxylation is 3.